The van der Waals surface area contributed by atoms with E-state index in [1.807, 2.05) is 41.3 Å². The number of hydrogen-bond acceptors (Lipinski definition) is 3. The molecule has 0 atom stereocenters. The van der Waals surface area contributed by atoms with Gasteiger partial charge in [-0.3, -0.25) is 14.9 Å². The van der Waals surface area contributed by atoms with Crippen LogP contribution in [0.15, 0.2) is 42.6 Å². The smallest absolute Gasteiger partial charge is 0.254 e. The number of benzene rings is 1. The molecule has 3 aromatic rings. The summed E-state index contributed by atoms with van der Waals surface area (Å²) < 4.78 is 0. The van der Waals surface area contributed by atoms with Crippen molar-refractivity contribution in [2.24, 2.45) is 0 Å². The van der Waals surface area contributed by atoms with E-state index in [0.29, 0.717) is 5.92 Å². The van der Waals surface area contributed by atoms with E-state index in [9.17, 15) is 4.79 Å². The predicted octanol–water partition coefficient (Wildman–Crippen LogP) is 4.10. The van der Waals surface area contributed by atoms with E-state index >= 15 is 0 Å². The molecule has 2 aromatic heterocycles. The number of aromatic amines is 1. The first-order valence-electron chi connectivity index (χ1n) is 9.31. The third-order valence-corrected chi connectivity index (χ3v) is 5.30. The maximum absolute atomic E-state index is 13.3. The Balaban J connectivity index is 1.60. The number of amides is 1. The Hall–Kier alpha value is -2.69. The third kappa shape index (κ3) is 3.09. The standard InChI is InChI=1S/C21H24N4O/c1-14(2)20-13-17(16-5-3-4-6-19(16)23-20)21(26)25-11-8-15(9-12-25)18-7-10-22-24-18/h3-7,10,13-15H,8-9,11-12H2,1-2H3,(H,22,24). The second-order valence-electron chi connectivity index (χ2n) is 7.34. The van der Waals surface area contributed by atoms with Crippen molar-refractivity contribution in [2.75, 3.05) is 13.1 Å². The summed E-state index contributed by atoms with van der Waals surface area (Å²) in [6.07, 6.45) is 3.73. The van der Waals surface area contributed by atoms with Crippen LogP contribution in [0, 0.1) is 0 Å². The lowest BCUT2D eigenvalue weighted by Gasteiger charge is -2.32. The van der Waals surface area contributed by atoms with Crippen molar-refractivity contribution >= 4 is 16.8 Å². The number of para-hydroxylation sites is 1. The Morgan fingerprint density at radius 3 is 2.65 bits per heavy atom. The van der Waals surface area contributed by atoms with Crippen LogP contribution < -0.4 is 0 Å². The number of H-pyrrole nitrogens is 1. The first-order valence-corrected chi connectivity index (χ1v) is 9.31. The highest BCUT2D eigenvalue weighted by molar-refractivity contribution is 6.06. The van der Waals surface area contributed by atoms with Crippen LogP contribution in [0.3, 0.4) is 0 Å². The van der Waals surface area contributed by atoms with Crippen molar-refractivity contribution in [1.29, 1.82) is 0 Å². The number of likely N-dealkylation sites (tertiary alicyclic amines) is 1. The number of fused-ring (bicyclic) bond motifs is 1. The van der Waals surface area contributed by atoms with Gasteiger partial charge in [-0.15, -0.1) is 0 Å². The Kier molecular flexibility index (Phi) is 4.45. The van der Waals surface area contributed by atoms with Crippen LogP contribution in [-0.2, 0) is 0 Å². The Morgan fingerprint density at radius 2 is 1.96 bits per heavy atom. The fraction of sp³-hybridized carbons (Fsp3) is 0.381. The maximum Gasteiger partial charge on any atom is 0.254 e. The summed E-state index contributed by atoms with van der Waals surface area (Å²) in [7, 11) is 0. The number of carbonyl (C=O) groups excluding carboxylic acids is 1. The van der Waals surface area contributed by atoms with Crippen LogP contribution in [-0.4, -0.2) is 39.1 Å². The van der Waals surface area contributed by atoms with Crippen LogP contribution in [0.25, 0.3) is 10.9 Å². The first kappa shape index (κ1) is 16.8. The number of pyridine rings is 1. The highest BCUT2D eigenvalue weighted by Crippen LogP contribution is 2.29. The molecule has 0 unspecified atom stereocenters. The lowest BCUT2D eigenvalue weighted by atomic mass is 9.93. The molecule has 1 fully saturated rings. The molecule has 134 valence electrons. The van der Waals surface area contributed by atoms with Crippen LogP contribution in [0.2, 0.25) is 0 Å². The van der Waals surface area contributed by atoms with Crippen molar-refractivity contribution in [2.45, 2.75) is 38.5 Å². The molecule has 0 bridgehead atoms. The summed E-state index contributed by atoms with van der Waals surface area (Å²) in [6.45, 7) is 5.77. The van der Waals surface area contributed by atoms with Gasteiger partial charge in [0.15, 0.2) is 0 Å². The van der Waals surface area contributed by atoms with E-state index in [0.717, 1.165) is 48.1 Å². The van der Waals surface area contributed by atoms with Gasteiger partial charge in [-0.2, -0.15) is 5.10 Å². The minimum absolute atomic E-state index is 0.119. The highest BCUT2D eigenvalue weighted by atomic mass is 16.2. The molecule has 0 saturated carbocycles. The number of nitrogens with one attached hydrogen (secondary N) is 1. The molecule has 1 saturated heterocycles. The monoisotopic (exact) mass is 348 g/mol. The molecule has 26 heavy (non-hydrogen) atoms. The lowest BCUT2D eigenvalue weighted by Crippen LogP contribution is -2.38. The lowest BCUT2D eigenvalue weighted by molar-refractivity contribution is 0.0714. The third-order valence-electron chi connectivity index (χ3n) is 5.30. The van der Waals surface area contributed by atoms with Gasteiger partial charge in [0.05, 0.1) is 11.1 Å². The fourth-order valence-corrected chi connectivity index (χ4v) is 3.73. The Bertz CT molecular complexity index is 909. The van der Waals surface area contributed by atoms with Crippen molar-refractivity contribution in [3.05, 3.63) is 59.5 Å². The van der Waals surface area contributed by atoms with Gasteiger partial charge in [-0.25, -0.2) is 0 Å². The van der Waals surface area contributed by atoms with Crippen LogP contribution in [0.1, 0.15) is 60.3 Å². The van der Waals surface area contributed by atoms with E-state index < -0.39 is 0 Å². The Labute approximate surface area is 153 Å². The van der Waals surface area contributed by atoms with Gasteiger partial charge in [0.25, 0.3) is 5.91 Å². The first-order chi connectivity index (χ1) is 12.6. The number of rotatable bonds is 3. The number of hydrogen-bond donors (Lipinski definition) is 1. The molecule has 1 aromatic carbocycles. The van der Waals surface area contributed by atoms with E-state index in [1.54, 1.807) is 6.20 Å². The number of aromatic nitrogens is 3. The quantitative estimate of drug-likeness (QED) is 0.775. The molecule has 1 amide bonds. The Morgan fingerprint density at radius 1 is 1.19 bits per heavy atom. The molecule has 1 N–H and O–H groups in total. The second-order valence-corrected chi connectivity index (χ2v) is 7.34. The summed E-state index contributed by atoms with van der Waals surface area (Å²) in [5.41, 5.74) is 3.82. The average molecular weight is 348 g/mol. The zero-order valence-electron chi connectivity index (χ0n) is 15.3. The van der Waals surface area contributed by atoms with Crippen LogP contribution >= 0.6 is 0 Å². The topological polar surface area (TPSA) is 61.9 Å². The summed E-state index contributed by atoms with van der Waals surface area (Å²) in [5, 5.41) is 8.05. The van der Waals surface area contributed by atoms with Gasteiger partial charge >= 0.3 is 0 Å². The minimum atomic E-state index is 0.119. The van der Waals surface area contributed by atoms with Crippen LogP contribution in [0.5, 0.6) is 0 Å². The fourth-order valence-electron chi connectivity index (χ4n) is 3.73. The van der Waals surface area contributed by atoms with E-state index in [1.165, 1.54) is 5.69 Å². The van der Waals surface area contributed by atoms with Crippen molar-refractivity contribution in [3.63, 3.8) is 0 Å². The molecule has 3 heterocycles. The van der Waals surface area contributed by atoms with Gasteiger partial charge in [0.1, 0.15) is 0 Å². The normalized spacial score (nSPS) is 15.7. The van der Waals surface area contributed by atoms with Gasteiger partial charge < -0.3 is 4.90 Å². The van der Waals surface area contributed by atoms with Gasteiger partial charge in [0.2, 0.25) is 0 Å². The zero-order valence-corrected chi connectivity index (χ0v) is 15.3. The summed E-state index contributed by atoms with van der Waals surface area (Å²) in [5.74, 6) is 0.868. The predicted molar refractivity (Wildman–Crippen MR) is 102 cm³/mol. The molecule has 0 radical (unpaired) electrons. The van der Waals surface area contributed by atoms with Crippen molar-refractivity contribution in [3.8, 4) is 0 Å². The maximum atomic E-state index is 13.3. The summed E-state index contributed by atoms with van der Waals surface area (Å²) in [6, 6.07) is 12.0. The zero-order chi connectivity index (χ0) is 18.1. The second kappa shape index (κ2) is 6.90. The van der Waals surface area contributed by atoms with Gasteiger partial charge in [-0.1, -0.05) is 32.0 Å². The van der Waals surface area contributed by atoms with E-state index in [2.05, 4.69) is 24.0 Å². The molecule has 4 rings (SSSR count). The molecule has 1 aliphatic rings. The largest absolute Gasteiger partial charge is 0.339 e. The van der Waals surface area contributed by atoms with Crippen LogP contribution in [0.4, 0.5) is 0 Å². The SMILES string of the molecule is CC(C)c1cc(C(=O)N2CCC(c3ccn[nH]3)CC2)c2ccccc2n1. The summed E-state index contributed by atoms with van der Waals surface area (Å²) in [4.78, 5) is 20.0. The van der Waals surface area contributed by atoms with Gasteiger partial charge in [-0.05, 0) is 37.0 Å². The van der Waals surface area contributed by atoms with Gasteiger partial charge in [0, 0.05) is 42.0 Å². The number of piperidine rings is 1. The van der Waals surface area contributed by atoms with E-state index in [-0.39, 0.29) is 11.8 Å². The average Bonchev–Trinajstić information content (AvgIpc) is 3.21. The number of nitrogens with zero attached hydrogens (tertiary/aromatic N) is 3. The molecular weight excluding hydrogens is 324 g/mol. The van der Waals surface area contributed by atoms with E-state index in [4.69, 9.17) is 4.98 Å². The number of carbonyl (C=O) groups is 1. The van der Waals surface area contributed by atoms with Crippen molar-refractivity contribution in [1.82, 2.24) is 20.1 Å². The molecule has 5 nitrogen and oxygen atoms in total. The molecule has 0 aliphatic carbocycles. The minimum Gasteiger partial charge on any atom is -0.339 e. The highest BCUT2D eigenvalue weighted by Gasteiger charge is 2.26. The molecule has 0 spiro atoms. The molecule has 5 heteroatoms. The molecular formula is C21H24N4O. The molecule has 1 aliphatic heterocycles. The van der Waals surface area contributed by atoms with Crippen molar-refractivity contribution < 1.29 is 4.79 Å². The summed E-state index contributed by atoms with van der Waals surface area (Å²) >= 11 is 0.